The summed E-state index contributed by atoms with van der Waals surface area (Å²) in [4.78, 5) is 36.0. The molecule has 31 heavy (non-hydrogen) atoms. The molecule has 0 aromatic heterocycles. The molecule has 2 aliphatic rings. The predicted molar refractivity (Wildman–Crippen MR) is 124 cm³/mol. The van der Waals surface area contributed by atoms with Crippen LogP contribution in [0.4, 0.5) is 5.69 Å². The number of guanidine groups is 1. The van der Waals surface area contributed by atoms with E-state index < -0.39 is 0 Å². The average molecular weight is 425 g/mol. The van der Waals surface area contributed by atoms with Gasteiger partial charge in [0.15, 0.2) is 0 Å². The van der Waals surface area contributed by atoms with Crippen molar-refractivity contribution in [2.24, 2.45) is 21.8 Å². The molecule has 1 aliphatic heterocycles. The predicted octanol–water partition coefficient (Wildman–Crippen LogP) is 4.26. The Hall–Kier alpha value is -2.96. The van der Waals surface area contributed by atoms with Gasteiger partial charge in [-0.2, -0.15) is 0 Å². The number of esters is 1. The molecule has 1 amide bonds. The number of rotatable bonds is 5. The van der Waals surface area contributed by atoms with E-state index in [1.807, 2.05) is 30.9 Å². The minimum absolute atomic E-state index is 0.00118. The highest BCUT2D eigenvalue weighted by Gasteiger charge is 2.47. The second-order valence-corrected chi connectivity index (χ2v) is 8.22. The fourth-order valence-electron chi connectivity index (χ4n) is 4.36. The van der Waals surface area contributed by atoms with Gasteiger partial charge in [0.1, 0.15) is 0 Å². The van der Waals surface area contributed by atoms with Crippen LogP contribution in [0.25, 0.3) is 0 Å². The SMILES string of the molecule is C=NC(=N[C@H]1c2cc(C(=O)OCC)ccc2N(C(C)=O)[C@@H](C2CC2)[C@@H]1C)N/C(C)=C\C. The lowest BCUT2D eigenvalue weighted by Crippen LogP contribution is -2.50. The highest BCUT2D eigenvalue weighted by atomic mass is 16.5. The van der Waals surface area contributed by atoms with Crippen LogP contribution in [0.3, 0.4) is 0 Å². The van der Waals surface area contributed by atoms with E-state index in [1.165, 1.54) is 0 Å². The van der Waals surface area contributed by atoms with Gasteiger partial charge in [-0.1, -0.05) is 13.0 Å². The second-order valence-electron chi connectivity index (χ2n) is 8.22. The number of nitrogens with zero attached hydrogens (tertiary/aromatic N) is 3. The molecule has 1 saturated carbocycles. The number of carbonyl (C=O) groups is 2. The van der Waals surface area contributed by atoms with Crippen molar-refractivity contribution in [1.29, 1.82) is 0 Å². The molecule has 7 nitrogen and oxygen atoms in total. The van der Waals surface area contributed by atoms with Crippen LogP contribution in [0, 0.1) is 11.8 Å². The number of ether oxygens (including phenoxy) is 1. The first-order valence-electron chi connectivity index (χ1n) is 10.9. The first-order chi connectivity index (χ1) is 14.8. The summed E-state index contributed by atoms with van der Waals surface area (Å²) < 4.78 is 5.19. The summed E-state index contributed by atoms with van der Waals surface area (Å²) in [6, 6.07) is 5.16. The number of aliphatic imine (C=N–C) groups is 2. The van der Waals surface area contributed by atoms with E-state index in [4.69, 9.17) is 9.73 Å². The quantitative estimate of drug-likeness (QED) is 0.435. The lowest BCUT2D eigenvalue weighted by molar-refractivity contribution is -0.117. The fourth-order valence-corrected chi connectivity index (χ4v) is 4.36. The van der Waals surface area contributed by atoms with E-state index in [0.717, 1.165) is 29.8 Å². The lowest BCUT2D eigenvalue weighted by atomic mass is 9.80. The van der Waals surface area contributed by atoms with E-state index in [2.05, 4.69) is 24.0 Å². The topological polar surface area (TPSA) is 83.4 Å². The number of hydrogen-bond donors (Lipinski definition) is 1. The van der Waals surface area contributed by atoms with Gasteiger partial charge < -0.3 is 15.0 Å². The zero-order valence-corrected chi connectivity index (χ0v) is 19.0. The molecule has 1 heterocycles. The maximum Gasteiger partial charge on any atom is 0.338 e. The van der Waals surface area contributed by atoms with Crippen LogP contribution in [-0.4, -0.2) is 37.2 Å². The smallest absolute Gasteiger partial charge is 0.338 e. The van der Waals surface area contributed by atoms with Crippen molar-refractivity contribution >= 4 is 30.2 Å². The van der Waals surface area contributed by atoms with Crippen LogP contribution < -0.4 is 10.2 Å². The normalized spacial score (nSPS) is 23.8. The molecule has 3 atom stereocenters. The summed E-state index contributed by atoms with van der Waals surface area (Å²) in [6.45, 7) is 13.3. The Kier molecular flexibility index (Phi) is 6.93. The minimum atomic E-state index is -0.385. The Morgan fingerprint density at radius 3 is 2.58 bits per heavy atom. The van der Waals surface area contributed by atoms with Gasteiger partial charge in [0, 0.05) is 35.8 Å². The molecule has 0 spiro atoms. The highest BCUT2D eigenvalue weighted by Crippen LogP contribution is 2.50. The minimum Gasteiger partial charge on any atom is -0.462 e. The van der Waals surface area contributed by atoms with Crippen LogP contribution in [-0.2, 0) is 9.53 Å². The van der Waals surface area contributed by atoms with E-state index in [0.29, 0.717) is 24.0 Å². The van der Waals surface area contributed by atoms with Gasteiger partial charge >= 0.3 is 5.97 Å². The Balaban J connectivity index is 2.15. The van der Waals surface area contributed by atoms with E-state index in [1.54, 1.807) is 26.0 Å². The zero-order chi connectivity index (χ0) is 22.7. The van der Waals surface area contributed by atoms with Gasteiger partial charge in [0.25, 0.3) is 0 Å². The number of benzene rings is 1. The molecule has 166 valence electrons. The van der Waals surface area contributed by atoms with Crippen molar-refractivity contribution in [3.8, 4) is 0 Å². The van der Waals surface area contributed by atoms with Crippen molar-refractivity contribution in [3.63, 3.8) is 0 Å². The third-order valence-corrected chi connectivity index (χ3v) is 6.05. The first-order valence-corrected chi connectivity index (χ1v) is 10.9. The Morgan fingerprint density at radius 2 is 2.03 bits per heavy atom. The van der Waals surface area contributed by atoms with Crippen LogP contribution in [0.15, 0.2) is 40.0 Å². The molecule has 3 rings (SSSR count). The molecule has 1 aliphatic carbocycles. The second kappa shape index (κ2) is 9.45. The van der Waals surface area contributed by atoms with Gasteiger partial charge in [0.05, 0.1) is 18.2 Å². The number of nitrogens with one attached hydrogen (secondary N) is 1. The van der Waals surface area contributed by atoms with Crippen molar-refractivity contribution in [2.45, 2.75) is 59.5 Å². The summed E-state index contributed by atoms with van der Waals surface area (Å²) in [5.41, 5.74) is 2.99. The summed E-state index contributed by atoms with van der Waals surface area (Å²) in [6.07, 6.45) is 4.14. The monoisotopic (exact) mass is 424 g/mol. The van der Waals surface area contributed by atoms with E-state index >= 15 is 0 Å². The van der Waals surface area contributed by atoms with Crippen molar-refractivity contribution in [2.75, 3.05) is 11.5 Å². The van der Waals surface area contributed by atoms with Gasteiger partial charge in [-0.05, 0) is 64.4 Å². The van der Waals surface area contributed by atoms with Gasteiger partial charge in [-0.3, -0.25) is 4.79 Å². The molecule has 7 heteroatoms. The van der Waals surface area contributed by atoms with Crippen molar-refractivity contribution < 1.29 is 14.3 Å². The van der Waals surface area contributed by atoms with E-state index in [9.17, 15) is 9.59 Å². The van der Waals surface area contributed by atoms with Crippen LogP contribution in [0.5, 0.6) is 0 Å². The van der Waals surface area contributed by atoms with Crippen molar-refractivity contribution in [1.82, 2.24) is 5.32 Å². The molecule has 0 bridgehead atoms. The van der Waals surface area contributed by atoms with Crippen LogP contribution >= 0.6 is 0 Å². The molecule has 0 unspecified atom stereocenters. The van der Waals surface area contributed by atoms with Gasteiger partial charge in [0.2, 0.25) is 11.9 Å². The highest BCUT2D eigenvalue weighted by molar-refractivity contribution is 5.96. The fraction of sp³-hybridized carbons (Fsp3) is 0.500. The van der Waals surface area contributed by atoms with Crippen LogP contribution in [0.1, 0.15) is 69.4 Å². The molecular formula is C24H32N4O3. The maximum atomic E-state index is 12.7. The van der Waals surface area contributed by atoms with E-state index in [-0.39, 0.29) is 29.9 Å². The largest absolute Gasteiger partial charge is 0.462 e. The zero-order valence-electron chi connectivity index (χ0n) is 19.0. The first kappa shape index (κ1) is 22.7. The van der Waals surface area contributed by atoms with Crippen LogP contribution in [0.2, 0.25) is 0 Å². The number of allylic oxidation sites excluding steroid dienone is 2. The maximum absolute atomic E-state index is 12.7. The Labute approximate surface area is 184 Å². The number of hydrogen-bond acceptors (Lipinski definition) is 4. The molecule has 1 N–H and O–H groups in total. The van der Waals surface area contributed by atoms with Crippen molar-refractivity contribution in [3.05, 3.63) is 41.1 Å². The summed E-state index contributed by atoms with van der Waals surface area (Å²) in [5.74, 6) is 0.544. The number of fused-ring (bicyclic) bond motifs is 1. The Bertz CT molecular complexity index is 933. The Morgan fingerprint density at radius 1 is 1.32 bits per heavy atom. The number of carbonyl (C=O) groups excluding carboxylic acids is 2. The van der Waals surface area contributed by atoms with Gasteiger partial charge in [-0.25, -0.2) is 14.8 Å². The molecule has 1 aromatic rings. The molecule has 1 aromatic carbocycles. The van der Waals surface area contributed by atoms with Gasteiger partial charge in [-0.15, -0.1) is 0 Å². The third-order valence-electron chi connectivity index (χ3n) is 6.05. The average Bonchev–Trinajstić information content (AvgIpc) is 3.58. The summed E-state index contributed by atoms with van der Waals surface area (Å²) >= 11 is 0. The summed E-state index contributed by atoms with van der Waals surface area (Å²) in [7, 11) is 0. The molecule has 1 fully saturated rings. The molecular weight excluding hydrogens is 392 g/mol. The third kappa shape index (κ3) is 4.70. The number of anilines is 1. The number of amides is 1. The molecule has 0 saturated heterocycles. The molecule has 0 radical (unpaired) electrons. The standard InChI is InChI=1S/C24H32N4O3/c1-7-14(3)26-24(25-6)27-21-15(4)22(17-9-10-17)28(16(5)29)20-12-11-18(13-19(20)21)23(30)31-8-2/h7,11-13,15,17,21-22H,6,8-10H2,1-5H3,(H,26,27)/b14-7-/t15-,21-,22-/m1/s1. The summed E-state index contributed by atoms with van der Waals surface area (Å²) in [5, 5.41) is 3.18. The lowest BCUT2D eigenvalue weighted by Gasteiger charge is -2.44.